The summed E-state index contributed by atoms with van der Waals surface area (Å²) in [6.45, 7) is 3.76. The molecule has 1 aromatic heterocycles. The van der Waals surface area contributed by atoms with Crippen molar-refractivity contribution >= 4 is 16.7 Å². The van der Waals surface area contributed by atoms with Gasteiger partial charge in [-0.2, -0.15) is 0 Å². The standard InChI is InChI=1S/C20H19F2N3O2/c21-15-9-16-18(17(22)19(15)26)25(12-23-16)14-3-1-13(2-4-14)24-10-20(11-24)5-7-27-8-6-20/h1-4,9,12,26H,5-8,10-11H2. The minimum atomic E-state index is -1.01. The first-order chi connectivity index (χ1) is 13.1. The van der Waals surface area contributed by atoms with E-state index >= 15 is 0 Å². The van der Waals surface area contributed by atoms with E-state index in [1.807, 2.05) is 24.3 Å². The van der Waals surface area contributed by atoms with Crippen LogP contribution in [-0.4, -0.2) is 41.0 Å². The molecule has 3 heterocycles. The molecule has 5 nitrogen and oxygen atoms in total. The Bertz CT molecular complexity index is 1000. The number of phenols is 1. The van der Waals surface area contributed by atoms with Gasteiger partial charge in [-0.05, 0) is 37.1 Å². The quantitative estimate of drug-likeness (QED) is 0.748. The average molecular weight is 371 g/mol. The fraction of sp³-hybridized carbons (Fsp3) is 0.350. The zero-order valence-corrected chi connectivity index (χ0v) is 14.7. The maximum atomic E-state index is 14.3. The molecule has 0 amide bonds. The maximum absolute atomic E-state index is 14.3. The Hall–Kier alpha value is -2.67. The molecule has 0 unspecified atom stereocenters. The monoisotopic (exact) mass is 371 g/mol. The van der Waals surface area contributed by atoms with Gasteiger partial charge in [-0.25, -0.2) is 13.8 Å². The molecule has 2 fully saturated rings. The molecule has 2 aromatic carbocycles. The van der Waals surface area contributed by atoms with Gasteiger partial charge in [-0.1, -0.05) is 0 Å². The lowest BCUT2D eigenvalue weighted by atomic mass is 9.73. The summed E-state index contributed by atoms with van der Waals surface area (Å²) >= 11 is 0. The van der Waals surface area contributed by atoms with Gasteiger partial charge < -0.3 is 14.7 Å². The first-order valence-electron chi connectivity index (χ1n) is 9.04. The molecule has 2 aliphatic rings. The molecule has 1 spiro atoms. The van der Waals surface area contributed by atoms with Gasteiger partial charge in [0.25, 0.3) is 0 Å². The lowest BCUT2D eigenvalue weighted by molar-refractivity contribution is -0.000190. The van der Waals surface area contributed by atoms with Crippen molar-refractivity contribution < 1.29 is 18.6 Å². The van der Waals surface area contributed by atoms with Gasteiger partial charge in [-0.3, -0.25) is 4.57 Å². The molecular formula is C20H19F2N3O2. The molecule has 1 N–H and O–H groups in total. The number of rotatable bonds is 2. The predicted molar refractivity (Wildman–Crippen MR) is 97.3 cm³/mol. The lowest BCUT2D eigenvalue weighted by Crippen LogP contribution is -2.58. The van der Waals surface area contributed by atoms with E-state index in [0.717, 1.165) is 50.9 Å². The fourth-order valence-electron chi connectivity index (χ4n) is 4.18. The largest absolute Gasteiger partial charge is 0.503 e. The molecule has 140 valence electrons. The van der Waals surface area contributed by atoms with Crippen molar-refractivity contribution in [3.05, 3.63) is 48.3 Å². The van der Waals surface area contributed by atoms with Crippen LogP contribution >= 0.6 is 0 Å². The Balaban J connectivity index is 1.41. The van der Waals surface area contributed by atoms with Crippen molar-refractivity contribution in [2.45, 2.75) is 12.8 Å². The van der Waals surface area contributed by atoms with Crippen LogP contribution in [0.5, 0.6) is 5.75 Å². The molecule has 0 bridgehead atoms. The summed E-state index contributed by atoms with van der Waals surface area (Å²) in [4.78, 5) is 6.39. The van der Waals surface area contributed by atoms with Gasteiger partial charge in [0.2, 0.25) is 0 Å². The summed E-state index contributed by atoms with van der Waals surface area (Å²) in [7, 11) is 0. The summed E-state index contributed by atoms with van der Waals surface area (Å²) < 4.78 is 34.8. The molecule has 2 aliphatic heterocycles. The Labute approximate surface area is 154 Å². The third-order valence-electron chi connectivity index (χ3n) is 5.80. The van der Waals surface area contributed by atoms with E-state index in [1.54, 1.807) is 0 Å². The van der Waals surface area contributed by atoms with Crippen LogP contribution in [0.4, 0.5) is 14.5 Å². The Morgan fingerprint density at radius 3 is 2.41 bits per heavy atom. The Morgan fingerprint density at radius 1 is 1.04 bits per heavy atom. The van der Waals surface area contributed by atoms with Crippen molar-refractivity contribution in [1.82, 2.24) is 9.55 Å². The number of aromatic hydroxyl groups is 1. The van der Waals surface area contributed by atoms with Crippen LogP contribution in [0, 0.1) is 17.0 Å². The van der Waals surface area contributed by atoms with Gasteiger partial charge in [0.1, 0.15) is 11.8 Å². The second kappa shape index (κ2) is 5.92. The Morgan fingerprint density at radius 2 is 1.70 bits per heavy atom. The zero-order chi connectivity index (χ0) is 18.6. The summed E-state index contributed by atoms with van der Waals surface area (Å²) in [5.41, 5.74) is 2.44. The van der Waals surface area contributed by atoms with Gasteiger partial charge in [0.15, 0.2) is 17.4 Å². The fourth-order valence-corrected chi connectivity index (χ4v) is 4.18. The topological polar surface area (TPSA) is 50.5 Å². The molecule has 5 rings (SSSR count). The lowest BCUT2D eigenvalue weighted by Gasteiger charge is -2.53. The van der Waals surface area contributed by atoms with E-state index in [-0.39, 0.29) is 11.0 Å². The second-order valence-corrected chi connectivity index (χ2v) is 7.49. The number of phenolic OH excluding ortho intramolecular Hbond substituents is 1. The number of hydrogen-bond donors (Lipinski definition) is 1. The molecule has 7 heteroatoms. The highest BCUT2D eigenvalue weighted by atomic mass is 19.1. The number of ether oxygens (including phenoxy) is 1. The SMILES string of the molecule is Oc1c(F)cc2ncn(-c3ccc(N4CC5(CCOCC5)C4)cc3)c2c1F. The number of halogens is 2. The number of imidazole rings is 1. The summed E-state index contributed by atoms with van der Waals surface area (Å²) in [6.07, 6.45) is 3.66. The molecule has 3 aromatic rings. The third-order valence-corrected chi connectivity index (χ3v) is 5.80. The number of anilines is 1. The van der Waals surface area contributed by atoms with E-state index in [0.29, 0.717) is 11.1 Å². The van der Waals surface area contributed by atoms with Crippen molar-refractivity contribution in [3.8, 4) is 11.4 Å². The highest BCUT2D eigenvalue weighted by Crippen LogP contribution is 2.42. The molecule has 0 saturated carbocycles. The van der Waals surface area contributed by atoms with Crippen molar-refractivity contribution in [2.75, 3.05) is 31.2 Å². The first kappa shape index (κ1) is 16.5. The van der Waals surface area contributed by atoms with Gasteiger partial charge in [0.05, 0.1) is 5.52 Å². The van der Waals surface area contributed by atoms with Crippen LogP contribution < -0.4 is 4.90 Å². The van der Waals surface area contributed by atoms with E-state index in [4.69, 9.17) is 4.74 Å². The molecule has 2 saturated heterocycles. The first-order valence-corrected chi connectivity index (χ1v) is 9.04. The van der Waals surface area contributed by atoms with E-state index in [2.05, 4.69) is 9.88 Å². The van der Waals surface area contributed by atoms with Crippen molar-refractivity contribution in [3.63, 3.8) is 0 Å². The summed E-state index contributed by atoms with van der Waals surface area (Å²) in [6, 6.07) is 8.78. The van der Waals surface area contributed by atoms with Crippen molar-refractivity contribution in [1.29, 1.82) is 0 Å². The normalized spacial score (nSPS) is 18.8. The van der Waals surface area contributed by atoms with Crippen LogP contribution in [0.3, 0.4) is 0 Å². The van der Waals surface area contributed by atoms with Crippen LogP contribution in [0.1, 0.15) is 12.8 Å². The smallest absolute Gasteiger partial charge is 0.194 e. The van der Waals surface area contributed by atoms with Crippen LogP contribution in [0.15, 0.2) is 36.7 Å². The van der Waals surface area contributed by atoms with Crippen LogP contribution in [0.25, 0.3) is 16.7 Å². The molecular weight excluding hydrogens is 352 g/mol. The summed E-state index contributed by atoms with van der Waals surface area (Å²) in [5, 5.41) is 9.56. The minimum Gasteiger partial charge on any atom is -0.503 e. The number of benzene rings is 2. The molecule has 0 radical (unpaired) electrons. The number of fused-ring (bicyclic) bond motifs is 1. The molecule has 0 aliphatic carbocycles. The Kier molecular flexibility index (Phi) is 3.62. The predicted octanol–water partition coefficient (Wildman–Crippen LogP) is 3.63. The van der Waals surface area contributed by atoms with Crippen LogP contribution in [-0.2, 0) is 4.74 Å². The number of nitrogens with zero attached hydrogens (tertiary/aromatic N) is 3. The molecule has 0 atom stereocenters. The van der Waals surface area contributed by atoms with Gasteiger partial charge in [-0.15, -0.1) is 0 Å². The van der Waals surface area contributed by atoms with Gasteiger partial charge in [0, 0.05) is 49.2 Å². The van der Waals surface area contributed by atoms with Gasteiger partial charge >= 0.3 is 0 Å². The van der Waals surface area contributed by atoms with E-state index in [1.165, 1.54) is 10.9 Å². The van der Waals surface area contributed by atoms with E-state index < -0.39 is 17.4 Å². The molecule has 27 heavy (non-hydrogen) atoms. The van der Waals surface area contributed by atoms with Crippen LogP contribution in [0.2, 0.25) is 0 Å². The van der Waals surface area contributed by atoms with E-state index in [9.17, 15) is 13.9 Å². The third kappa shape index (κ3) is 2.56. The maximum Gasteiger partial charge on any atom is 0.194 e. The average Bonchev–Trinajstić information content (AvgIpc) is 3.09. The number of hydrogen-bond acceptors (Lipinski definition) is 4. The second-order valence-electron chi connectivity index (χ2n) is 7.49. The summed E-state index contributed by atoms with van der Waals surface area (Å²) in [5.74, 6) is -3.00. The highest BCUT2D eigenvalue weighted by Gasteiger charge is 2.43. The zero-order valence-electron chi connectivity index (χ0n) is 14.7. The number of aromatic nitrogens is 2. The minimum absolute atomic E-state index is 0.0618. The van der Waals surface area contributed by atoms with Crippen molar-refractivity contribution in [2.24, 2.45) is 5.41 Å². The highest BCUT2D eigenvalue weighted by molar-refractivity contribution is 5.80.